The zero-order valence-corrected chi connectivity index (χ0v) is 16.7. The Bertz CT molecular complexity index is 867. The maximum Gasteiger partial charge on any atom is 0.361 e. The summed E-state index contributed by atoms with van der Waals surface area (Å²) in [5.41, 5.74) is 0.941. The number of aromatic nitrogens is 3. The van der Waals surface area contributed by atoms with E-state index >= 15 is 0 Å². The molecule has 0 saturated carbocycles. The van der Waals surface area contributed by atoms with Gasteiger partial charge in [0.05, 0.1) is 17.9 Å². The number of carbonyl (C=O) groups excluding carboxylic acids is 3. The standard InChI is InChI=1S/C18H22ClN5O4/c1-4-20-15(25)10-23(5-2)16(26)11-28-18(27)17-12(3)21-24(22-17)14-8-6-7-13(19)9-14/h6-9H,4-5,10-11H2,1-3H3,(H,20,25). The average Bonchev–Trinajstić information content (AvgIpc) is 3.06. The van der Waals surface area contributed by atoms with Crippen LogP contribution in [0.3, 0.4) is 0 Å². The molecule has 1 heterocycles. The van der Waals surface area contributed by atoms with E-state index in [4.69, 9.17) is 16.3 Å². The van der Waals surface area contributed by atoms with Crippen LogP contribution in [0, 0.1) is 6.92 Å². The largest absolute Gasteiger partial charge is 0.451 e. The minimum absolute atomic E-state index is 0.000417. The Morgan fingerprint density at radius 1 is 1.25 bits per heavy atom. The number of esters is 1. The molecule has 0 bridgehead atoms. The minimum Gasteiger partial charge on any atom is -0.451 e. The normalized spacial score (nSPS) is 10.4. The number of carbonyl (C=O) groups is 3. The first-order valence-electron chi connectivity index (χ1n) is 8.77. The number of ether oxygens (including phenoxy) is 1. The molecule has 0 aliphatic rings. The van der Waals surface area contributed by atoms with Gasteiger partial charge in [-0.2, -0.15) is 9.90 Å². The monoisotopic (exact) mass is 407 g/mol. The maximum atomic E-state index is 12.3. The Balaban J connectivity index is 2.01. The van der Waals surface area contributed by atoms with Crippen LogP contribution in [0.25, 0.3) is 5.69 Å². The van der Waals surface area contributed by atoms with Crippen molar-refractivity contribution in [3.05, 3.63) is 40.7 Å². The van der Waals surface area contributed by atoms with Crippen molar-refractivity contribution in [2.75, 3.05) is 26.2 Å². The summed E-state index contributed by atoms with van der Waals surface area (Å²) in [6, 6.07) is 6.84. The highest BCUT2D eigenvalue weighted by atomic mass is 35.5. The molecule has 0 unspecified atom stereocenters. The van der Waals surface area contributed by atoms with Crippen molar-refractivity contribution in [3.8, 4) is 5.69 Å². The van der Waals surface area contributed by atoms with Crippen LogP contribution in [0.1, 0.15) is 30.0 Å². The number of benzene rings is 1. The first kappa shape index (κ1) is 21.4. The van der Waals surface area contributed by atoms with E-state index < -0.39 is 18.5 Å². The maximum absolute atomic E-state index is 12.3. The first-order valence-corrected chi connectivity index (χ1v) is 9.15. The van der Waals surface area contributed by atoms with Gasteiger partial charge in [-0.25, -0.2) is 4.79 Å². The van der Waals surface area contributed by atoms with E-state index in [2.05, 4.69) is 15.5 Å². The van der Waals surface area contributed by atoms with E-state index in [9.17, 15) is 14.4 Å². The molecule has 0 aliphatic carbocycles. The van der Waals surface area contributed by atoms with Crippen LogP contribution in [-0.4, -0.2) is 63.9 Å². The number of likely N-dealkylation sites (N-methyl/N-ethyl adjacent to an activating group) is 2. The summed E-state index contributed by atoms with van der Waals surface area (Å²) in [5, 5.41) is 11.4. The fourth-order valence-electron chi connectivity index (χ4n) is 2.37. The topological polar surface area (TPSA) is 106 Å². The lowest BCUT2D eigenvalue weighted by Crippen LogP contribution is -2.42. The Kier molecular flexibility index (Phi) is 7.51. The Morgan fingerprint density at radius 3 is 2.64 bits per heavy atom. The van der Waals surface area contributed by atoms with E-state index in [1.807, 2.05) is 0 Å². The highest BCUT2D eigenvalue weighted by Gasteiger charge is 2.21. The van der Waals surface area contributed by atoms with Crippen LogP contribution in [0.4, 0.5) is 0 Å². The average molecular weight is 408 g/mol. The summed E-state index contributed by atoms with van der Waals surface area (Å²) in [6.07, 6.45) is 0. The van der Waals surface area contributed by atoms with Crippen molar-refractivity contribution in [1.82, 2.24) is 25.2 Å². The molecule has 2 amide bonds. The molecule has 1 N–H and O–H groups in total. The molecule has 0 atom stereocenters. The van der Waals surface area contributed by atoms with Crippen LogP contribution in [0.15, 0.2) is 24.3 Å². The second-order valence-electron chi connectivity index (χ2n) is 5.84. The summed E-state index contributed by atoms with van der Waals surface area (Å²) in [6.45, 7) is 5.34. The minimum atomic E-state index is -0.770. The molecule has 0 radical (unpaired) electrons. The molecular formula is C18H22ClN5O4. The van der Waals surface area contributed by atoms with Crippen molar-refractivity contribution in [3.63, 3.8) is 0 Å². The number of rotatable bonds is 8. The third kappa shape index (κ3) is 5.53. The Hall–Kier alpha value is -2.94. The lowest BCUT2D eigenvalue weighted by atomic mass is 10.3. The van der Waals surface area contributed by atoms with E-state index in [0.717, 1.165) is 0 Å². The van der Waals surface area contributed by atoms with E-state index in [1.54, 1.807) is 45.0 Å². The van der Waals surface area contributed by atoms with Gasteiger partial charge >= 0.3 is 5.97 Å². The lowest BCUT2D eigenvalue weighted by molar-refractivity contribution is -0.138. The molecule has 1 aromatic carbocycles. The van der Waals surface area contributed by atoms with Gasteiger partial charge in [-0.15, -0.1) is 5.10 Å². The highest BCUT2D eigenvalue weighted by molar-refractivity contribution is 6.30. The predicted octanol–water partition coefficient (Wildman–Crippen LogP) is 1.37. The van der Waals surface area contributed by atoms with Crippen LogP contribution >= 0.6 is 11.6 Å². The zero-order valence-electron chi connectivity index (χ0n) is 15.9. The molecule has 2 aromatic rings. The number of aryl methyl sites for hydroxylation is 1. The quantitative estimate of drug-likeness (QED) is 0.662. The van der Waals surface area contributed by atoms with E-state index in [-0.39, 0.29) is 18.1 Å². The van der Waals surface area contributed by atoms with E-state index in [0.29, 0.717) is 29.5 Å². The van der Waals surface area contributed by atoms with Crippen molar-refractivity contribution in [2.45, 2.75) is 20.8 Å². The third-order valence-electron chi connectivity index (χ3n) is 3.78. The van der Waals surface area contributed by atoms with Gasteiger partial charge in [0, 0.05) is 18.1 Å². The van der Waals surface area contributed by atoms with Crippen LogP contribution in [-0.2, 0) is 14.3 Å². The van der Waals surface area contributed by atoms with Gasteiger partial charge in [0.25, 0.3) is 5.91 Å². The third-order valence-corrected chi connectivity index (χ3v) is 4.02. The molecule has 0 spiro atoms. The fourth-order valence-corrected chi connectivity index (χ4v) is 2.56. The van der Waals surface area contributed by atoms with Crippen molar-refractivity contribution in [1.29, 1.82) is 0 Å². The zero-order chi connectivity index (χ0) is 20.7. The Morgan fingerprint density at radius 2 is 2.00 bits per heavy atom. The SMILES string of the molecule is CCNC(=O)CN(CC)C(=O)COC(=O)c1nn(-c2cccc(Cl)c2)nc1C. The van der Waals surface area contributed by atoms with Gasteiger partial charge in [0.15, 0.2) is 12.3 Å². The molecular weight excluding hydrogens is 386 g/mol. The molecule has 10 heteroatoms. The molecule has 28 heavy (non-hydrogen) atoms. The molecule has 1 aromatic heterocycles. The lowest BCUT2D eigenvalue weighted by Gasteiger charge is -2.19. The number of nitrogens with one attached hydrogen (secondary N) is 1. The molecule has 9 nitrogen and oxygen atoms in total. The van der Waals surface area contributed by atoms with Gasteiger partial charge in [-0.3, -0.25) is 9.59 Å². The molecule has 0 fully saturated rings. The molecule has 0 saturated heterocycles. The summed E-state index contributed by atoms with van der Waals surface area (Å²) in [4.78, 5) is 38.7. The van der Waals surface area contributed by atoms with E-state index in [1.165, 1.54) is 9.70 Å². The first-order chi connectivity index (χ1) is 13.3. The highest BCUT2D eigenvalue weighted by Crippen LogP contribution is 2.14. The van der Waals surface area contributed by atoms with Crippen molar-refractivity contribution >= 4 is 29.4 Å². The van der Waals surface area contributed by atoms with Gasteiger partial charge in [0.2, 0.25) is 5.91 Å². The molecule has 150 valence electrons. The van der Waals surface area contributed by atoms with Gasteiger partial charge in [-0.1, -0.05) is 17.7 Å². The number of halogens is 1. The van der Waals surface area contributed by atoms with Crippen molar-refractivity contribution in [2.24, 2.45) is 0 Å². The van der Waals surface area contributed by atoms with Gasteiger partial charge in [-0.05, 0) is 39.0 Å². The smallest absolute Gasteiger partial charge is 0.361 e. The van der Waals surface area contributed by atoms with Crippen LogP contribution < -0.4 is 5.32 Å². The van der Waals surface area contributed by atoms with Crippen LogP contribution in [0.5, 0.6) is 0 Å². The summed E-state index contributed by atoms with van der Waals surface area (Å²) < 4.78 is 5.06. The number of hydrogen-bond acceptors (Lipinski definition) is 6. The van der Waals surface area contributed by atoms with Gasteiger partial charge in [0.1, 0.15) is 0 Å². The number of amides is 2. The molecule has 0 aliphatic heterocycles. The number of hydrogen-bond donors (Lipinski definition) is 1. The Labute approximate surface area is 167 Å². The van der Waals surface area contributed by atoms with Crippen LogP contribution in [0.2, 0.25) is 5.02 Å². The summed E-state index contributed by atoms with van der Waals surface area (Å²) >= 11 is 5.96. The van der Waals surface area contributed by atoms with Crippen molar-refractivity contribution < 1.29 is 19.1 Å². The summed E-state index contributed by atoms with van der Waals surface area (Å²) in [7, 11) is 0. The van der Waals surface area contributed by atoms with Gasteiger partial charge < -0.3 is 15.0 Å². The number of nitrogens with zero attached hydrogens (tertiary/aromatic N) is 4. The molecule has 2 rings (SSSR count). The predicted molar refractivity (Wildman–Crippen MR) is 102 cm³/mol. The fraction of sp³-hybridized carbons (Fsp3) is 0.389. The second kappa shape index (κ2) is 9.84. The second-order valence-corrected chi connectivity index (χ2v) is 6.28. The summed E-state index contributed by atoms with van der Waals surface area (Å²) in [5.74, 6) is -1.51.